The monoisotopic (exact) mass is 266 g/mol. The molecule has 14 heavy (non-hydrogen) atoms. The molecule has 0 bridgehead atoms. The van der Waals surface area contributed by atoms with Gasteiger partial charge in [-0.1, -0.05) is 59.7 Å². The van der Waals surface area contributed by atoms with Crippen LogP contribution in [0, 0.1) is 0 Å². The molecule has 0 heterocycles. The SMILES string of the molecule is CCC=CCSSSSCC=CCC. The number of hydrogen-bond acceptors (Lipinski definition) is 4. The van der Waals surface area contributed by atoms with E-state index in [-0.39, 0.29) is 0 Å². The average Bonchev–Trinajstić information content (AvgIpc) is 2.21. The summed E-state index contributed by atoms with van der Waals surface area (Å²) in [6.45, 7) is 4.33. The van der Waals surface area contributed by atoms with Crippen LogP contribution < -0.4 is 0 Å². The summed E-state index contributed by atoms with van der Waals surface area (Å²) in [5.41, 5.74) is 0. The van der Waals surface area contributed by atoms with Crippen LogP contribution in [0.1, 0.15) is 26.7 Å². The van der Waals surface area contributed by atoms with Gasteiger partial charge in [-0.05, 0) is 32.5 Å². The normalized spacial score (nSPS) is 11.9. The zero-order valence-electron chi connectivity index (χ0n) is 8.77. The summed E-state index contributed by atoms with van der Waals surface area (Å²) in [6.07, 6.45) is 11.2. The summed E-state index contributed by atoms with van der Waals surface area (Å²) >= 11 is 0. The molecule has 0 aromatic rings. The average molecular weight is 267 g/mol. The van der Waals surface area contributed by atoms with Crippen molar-refractivity contribution >= 4 is 41.2 Å². The van der Waals surface area contributed by atoms with Crippen LogP contribution >= 0.6 is 41.2 Å². The van der Waals surface area contributed by atoms with Crippen molar-refractivity contribution in [3.8, 4) is 0 Å². The van der Waals surface area contributed by atoms with Gasteiger partial charge in [0.25, 0.3) is 0 Å². The van der Waals surface area contributed by atoms with Crippen LogP contribution in [0.5, 0.6) is 0 Å². The molecule has 82 valence electrons. The Morgan fingerprint density at radius 1 is 0.714 bits per heavy atom. The second-order valence-electron chi connectivity index (χ2n) is 2.46. The van der Waals surface area contributed by atoms with Crippen molar-refractivity contribution in [2.75, 3.05) is 11.5 Å². The summed E-state index contributed by atoms with van der Waals surface area (Å²) in [5.74, 6) is 2.24. The van der Waals surface area contributed by atoms with Crippen molar-refractivity contribution < 1.29 is 0 Å². The van der Waals surface area contributed by atoms with Gasteiger partial charge in [0.1, 0.15) is 0 Å². The molecular weight excluding hydrogens is 248 g/mol. The van der Waals surface area contributed by atoms with Gasteiger partial charge in [-0.3, -0.25) is 0 Å². The third kappa shape index (κ3) is 12.9. The fourth-order valence-corrected chi connectivity index (χ4v) is 6.13. The van der Waals surface area contributed by atoms with Crippen LogP contribution in [0.15, 0.2) is 24.3 Å². The minimum absolute atomic E-state index is 1.12. The molecule has 0 aromatic carbocycles. The second kappa shape index (κ2) is 13.9. The second-order valence-corrected chi connectivity index (χ2v) is 8.55. The van der Waals surface area contributed by atoms with E-state index in [1.54, 1.807) is 0 Å². The summed E-state index contributed by atoms with van der Waals surface area (Å²) < 4.78 is 0. The maximum Gasteiger partial charge on any atom is 0.0226 e. The molecule has 0 unspecified atom stereocenters. The molecule has 4 heteroatoms. The number of allylic oxidation sites excluding steroid dienone is 2. The van der Waals surface area contributed by atoms with Gasteiger partial charge in [-0.15, -0.1) is 0 Å². The van der Waals surface area contributed by atoms with Gasteiger partial charge in [0.05, 0.1) is 0 Å². The number of hydrogen-bond donors (Lipinski definition) is 0. The third-order valence-corrected chi connectivity index (χ3v) is 7.45. The summed E-state index contributed by atoms with van der Waals surface area (Å²) in [5, 5.41) is 0. The molecular formula is C10H18S4. The minimum Gasteiger partial charge on any atom is -0.0880 e. The molecule has 0 aliphatic rings. The van der Waals surface area contributed by atoms with Crippen LogP contribution in [-0.2, 0) is 0 Å². The molecule has 0 nitrogen and oxygen atoms in total. The van der Waals surface area contributed by atoms with Gasteiger partial charge in [0, 0.05) is 11.5 Å². The molecule has 0 atom stereocenters. The minimum atomic E-state index is 1.12. The summed E-state index contributed by atoms with van der Waals surface area (Å²) in [7, 11) is 7.56. The van der Waals surface area contributed by atoms with Crippen LogP contribution in [0.25, 0.3) is 0 Å². The molecule has 0 spiro atoms. The standard InChI is InChI=1S/C10H18S4/c1-3-5-7-9-11-13-14-12-10-8-6-4-2/h5-8H,3-4,9-10H2,1-2H3. The lowest BCUT2D eigenvalue weighted by molar-refractivity contribution is 1.22. The first-order chi connectivity index (χ1) is 6.91. The van der Waals surface area contributed by atoms with Gasteiger partial charge >= 0.3 is 0 Å². The predicted octanol–water partition coefficient (Wildman–Crippen LogP) is 5.60. The van der Waals surface area contributed by atoms with Crippen molar-refractivity contribution in [2.24, 2.45) is 0 Å². The van der Waals surface area contributed by atoms with E-state index < -0.39 is 0 Å². The Bertz CT molecular complexity index is 136. The molecule has 0 saturated heterocycles. The molecule has 0 amide bonds. The fraction of sp³-hybridized carbons (Fsp3) is 0.600. The smallest absolute Gasteiger partial charge is 0.0226 e. The fourth-order valence-electron chi connectivity index (χ4n) is 0.643. The molecule has 0 aliphatic carbocycles. The Kier molecular flexibility index (Phi) is 14.8. The molecule has 0 aliphatic heterocycles. The van der Waals surface area contributed by atoms with E-state index in [0.29, 0.717) is 0 Å². The Morgan fingerprint density at radius 2 is 1.14 bits per heavy atom. The van der Waals surface area contributed by atoms with Gasteiger partial charge in [-0.2, -0.15) is 0 Å². The first-order valence-electron chi connectivity index (χ1n) is 4.79. The highest BCUT2D eigenvalue weighted by atomic mass is 33.7. The van der Waals surface area contributed by atoms with Gasteiger partial charge < -0.3 is 0 Å². The topological polar surface area (TPSA) is 0 Å². The largest absolute Gasteiger partial charge is 0.0880 e. The highest BCUT2D eigenvalue weighted by molar-refractivity contribution is 9.26. The van der Waals surface area contributed by atoms with Crippen molar-refractivity contribution in [3.63, 3.8) is 0 Å². The van der Waals surface area contributed by atoms with E-state index in [9.17, 15) is 0 Å². The van der Waals surface area contributed by atoms with Gasteiger partial charge in [0.15, 0.2) is 0 Å². The summed E-state index contributed by atoms with van der Waals surface area (Å²) in [4.78, 5) is 0. The zero-order valence-corrected chi connectivity index (χ0v) is 12.0. The van der Waals surface area contributed by atoms with E-state index in [1.165, 1.54) is 0 Å². The third-order valence-electron chi connectivity index (χ3n) is 1.26. The van der Waals surface area contributed by atoms with E-state index in [2.05, 4.69) is 38.2 Å². The van der Waals surface area contributed by atoms with Crippen LogP contribution in [0.3, 0.4) is 0 Å². The maximum atomic E-state index is 2.24. The van der Waals surface area contributed by atoms with Crippen LogP contribution in [0.4, 0.5) is 0 Å². The van der Waals surface area contributed by atoms with Crippen LogP contribution in [0.2, 0.25) is 0 Å². The maximum absolute atomic E-state index is 2.24. The highest BCUT2D eigenvalue weighted by Crippen LogP contribution is 2.42. The quantitative estimate of drug-likeness (QED) is 0.303. The van der Waals surface area contributed by atoms with E-state index in [0.717, 1.165) is 24.3 Å². The Morgan fingerprint density at radius 3 is 1.50 bits per heavy atom. The van der Waals surface area contributed by atoms with Crippen molar-refractivity contribution in [3.05, 3.63) is 24.3 Å². The molecule has 0 saturated carbocycles. The summed E-state index contributed by atoms with van der Waals surface area (Å²) in [6, 6.07) is 0. The first-order valence-corrected chi connectivity index (χ1v) is 9.95. The lowest BCUT2D eigenvalue weighted by atomic mass is 10.4. The molecule has 0 radical (unpaired) electrons. The van der Waals surface area contributed by atoms with E-state index in [4.69, 9.17) is 0 Å². The Balaban J connectivity index is 2.99. The van der Waals surface area contributed by atoms with Gasteiger partial charge in [0.2, 0.25) is 0 Å². The van der Waals surface area contributed by atoms with E-state index >= 15 is 0 Å². The number of rotatable bonds is 9. The Hall–Kier alpha value is 0.880. The Labute approximate surface area is 103 Å². The predicted molar refractivity (Wildman–Crippen MR) is 79.0 cm³/mol. The molecule has 0 N–H and O–H groups in total. The molecule has 0 aromatic heterocycles. The van der Waals surface area contributed by atoms with Crippen molar-refractivity contribution in [1.29, 1.82) is 0 Å². The molecule has 0 rings (SSSR count). The highest BCUT2D eigenvalue weighted by Gasteiger charge is 1.88. The van der Waals surface area contributed by atoms with Crippen molar-refractivity contribution in [2.45, 2.75) is 26.7 Å². The lowest BCUT2D eigenvalue weighted by Crippen LogP contribution is -1.64. The molecule has 0 fully saturated rings. The van der Waals surface area contributed by atoms with E-state index in [1.807, 2.05) is 41.2 Å². The zero-order chi connectivity index (χ0) is 10.5. The van der Waals surface area contributed by atoms with Crippen LogP contribution in [-0.4, -0.2) is 11.5 Å². The van der Waals surface area contributed by atoms with Gasteiger partial charge in [-0.25, -0.2) is 0 Å². The first kappa shape index (κ1) is 14.9. The van der Waals surface area contributed by atoms with Crippen molar-refractivity contribution in [1.82, 2.24) is 0 Å². The lowest BCUT2D eigenvalue weighted by Gasteiger charge is -1.94.